The first-order valence-corrected chi connectivity index (χ1v) is 29.4. The second kappa shape index (κ2) is 42.4. The van der Waals surface area contributed by atoms with Gasteiger partial charge in [-0.05, 0) is 79.2 Å². The quantitative estimate of drug-likeness (QED) is 0.0467. The Bertz CT molecular complexity index is 1360. The van der Waals surface area contributed by atoms with Gasteiger partial charge in [-0.25, -0.2) is 0 Å². The van der Waals surface area contributed by atoms with Gasteiger partial charge >= 0.3 is 0 Å². The maximum Gasteiger partial charge on any atom is 0.297 e. The fourth-order valence-electron chi connectivity index (χ4n) is 8.80. The van der Waals surface area contributed by atoms with Gasteiger partial charge in [0.15, 0.2) is 0 Å². The number of hydrogen-bond acceptors (Lipinski definition) is 9. The summed E-state index contributed by atoms with van der Waals surface area (Å²) >= 11 is 0. The topological polar surface area (TPSA) is 98.8 Å². The Morgan fingerprint density at radius 3 is 1.06 bits per heavy atom. The predicted molar refractivity (Wildman–Crippen MR) is 285 cm³/mol. The van der Waals surface area contributed by atoms with Gasteiger partial charge in [0.1, 0.15) is 6.10 Å². The van der Waals surface area contributed by atoms with Gasteiger partial charge in [-0.15, -0.1) is 0 Å². The molecule has 0 heterocycles. The second-order valence-electron chi connectivity index (χ2n) is 22.2. The molecule has 0 bridgehead atoms. The van der Waals surface area contributed by atoms with E-state index in [0.29, 0.717) is 64.7 Å². The summed E-state index contributed by atoms with van der Waals surface area (Å²) in [4.78, 5) is 0.142. The lowest BCUT2D eigenvalue weighted by Crippen LogP contribution is -2.28. The summed E-state index contributed by atoms with van der Waals surface area (Å²) in [5.41, 5.74) is 0.986. The van der Waals surface area contributed by atoms with E-state index in [1.165, 1.54) is 116 Å². The van der Waals surface area contributed by atoms with Crippen LogP contribution in [0.25, 0.3) is 0 Å². The average molecular weight is 984 g/mol. The smallest absolute Gasteiger partial charge is 0.297 e. The van der Waals surface area contributed by atoms with Crippen LogP contribution in [-0.2, 0) is 42.7 Å². The van der Waals surface area contributed by atoms with Crippen LogP contribution in [0.3, 0.4) is 0 Å². The zero-order chi connectivity index (χ0) is 50.3. The van der Waals surface area contributed by atoms with Crippen LogP contribution in [0.2, 0.25) is 0 Å². The molecule has 9 nitrogen and oxygen atoms in total. The van der Waals surface area contributed by atoms with E-state index in [0.717, 1.165) is 67.1 Å². The molecular weight excluding hydrogens is 873 g/mol. The molecule has 0 N–H and O–H groups in total. The Morgan fingerprint density at radius 2 is 0.676 bits per heavy atom. The average Bonchev–Trinajstić information content (AvgIpc) is 3.27. The highest BCUT2D eigenvalue weighted by Gasteiger charge is 2.16. The summed E-state index contributed by atoms with van der Waals surface area (Å²) in [7, 11) is -3.79. The molecule has 0 radical (unpaired) electrons. The lowest BCUT2D eigenvalue weighted by atomic mass is 9.91. The van der Waals surface area contributed by atoms with Crippen LogP contribution >= 0.6 is 0 Å². The maximum atomic E-state index is 12.3. The van der Waals surface area contributed by atoms with E-state index in [4.69, 9.17) is 32.6 Å². The molecule has 0 aliphatic heterocycles. The standard InChI is InChI=1S/C58H110O9S/c1-48(2)18-12-20-50(5)22-14-24-52(7)26-16-28-54(9)34-36-64-46-57(66-37-35-55(10)29-17-27-53(8)25-15-23-51(6)21-13-19-49(3)4)47-65-43-42-62-39-38-61-40-41-63-44-45-67-68(59,60)58-32-30-56(11)31-33-58/h30-33,48-55,57H,12-29,34-47H2,1-11H3/t50-,51-,52-,53-,54?,55?,57-/m0/s1. The van der Waals surface area contributed by atoms with Crippen molar-refractivity contribution in [2.75, 3.05) is 79.3 Å². The van der Waals surface area contributed by atoms with Crippen LogP contribution in [0.15, 0.2) is 29.2 Å². The Morgan fingerprint density at radius 1 is 0.368 bits per heavy atom. The van der Waals surface area contributed by atoms with E-state index < -0.39 is 10.1 Å². The van der Waals surface area contributed by atoms with Crippen LogP contribution in [0.4, 0.5) is 0 Å². The van der Waals surface area contributed by atoms with Crippen molar-refractivity contribution in [3.8, 4) is 0 Å². The van der Waals surface area contributed by atoms with E-state index in [-0.39, 0.29) is 24.2 Å². The maximum absolute atomic E-state index is 12.3. The van der Waals surface area contributed by atoms with Crippen LogP contribution in [0.5, 0.6) is 0 Å². The minimum atomic E-state index is -3.79. The summed E-state index contributed by atoms with van der Waals surface area (Å²) in [6, 6.07) is 6.57. The van der Waals surface area contributed by atoms with Crippen molar-refractivity contribution >= 4 is 10.1 Å². The van der Waals surface area contributed by atoms with Crippen LogP contribution in [-0.4, -0.2) is 93.8 Å². The minimum absolute atomic E-state index is 0.0496. The minimum Gasteiger partial charge on any atom is -0.379 e. The molecule has 402 valence electrons. The summed E-state index contributed by atoms with van der Waals surface area (Å²) in [5, 5.41) is 0. The van der Waals surface area contributed by atoms with E-state index in [1.807, 2.05) is 6.92 Å². The van der Waals surface area contributed by atoms with Crippen LogP contribution in [0, 0.1) is 54.3 Å². The Balaban J connectivity index is 2.32. The number of ether oxygens (including phenoxy) is 6. The molecule has 1 aromatic carbocycles. The third-order valence-electron chi connectivity index (χ3n) is 13.8. The van der Waals surface area contributed by atoms with Crippen molar-refractivity contribution in [1.82, 2.24) is 0 Å². The molecule has 1 rings (SSSR count). The van der Waals surface area contributed by atoms with E-state index in [2.05, 4.69) is 69.2 Å². The molecule has 0 spiro atoms. The number of aryl methyl sites for hydroxylation is 1. The monoisotopic (exact) mass is 983 g/mol. The molecule has 10 heteroatoms. The van der Waals surface area contributed by atoms with Crippen molar-refractivity contribution in [1.29, 1.82) is 0 Å². The number of benzene rings is 1. The van der Waals surface area contributed by atoms with Gasteiger partial charge in [0.05, 0.1) is 71.0 Å². The largest absolute Gasteiger partial charge is 0.379 e. The van der Waals surface area contributed by atoms with E-state index in [1.54, 1.807) is 24.3 Å². The predicted octanol–water partition coefficient (Wildman–Crippen LogP) is 15.1. The Labute approximate surface area is 421 Å². The Hall–Kier alpha value is -1.11. The lowest BCUT2D eigenvalue weighted by Gasteiger charge is -2.21. The first kappa shape index (κ1) is 64.9. The molecule has 68 heavy (non-hydrogen) atoms. The molecule has 0 amide bonds. The summed E-state index contributed by atoms with van der Waals surface area (Å²) < 4.78 is 65.1. The third-order valence-corrected chi connectivity index (χ3v) is 15.1. The molecular formula is C58H110O9S. The fourth-order valence-corrected chi connectivity index (χ4v) is 9.70. The van der Waals surface area contributed by atoms with E-state index in [9.17, 15) is 8.42 Å². The van der Waals surface area contributed by atoms with Crippen molar-refractivity contribution in [3.63, 3.8) is 0 Å². The van der Waals surface area contributed by atoms with Crippen LogP contribution < -0.4 is 0 Å². The third kappa shape index (κ3) is 39.5. The first-order chi connectivity index (χ1) is 32.6. The fraction of sp³-hybridized carbons (Fsp3) is 0.897. The van der Waals surface area contributed by atoms with Crippen LogP contribution in [0.1, 0.15) is 203 Å². The Kier molecular flexibility index (Phi) is 40.5. The molecule has 2 unspecified atom stereocenters. The van der Waals surface area contributed by atoms with Gasteiger partial charge in [0.2, 0.25) is 0 Å². The molecule has 0 saturated heterocycles. The molecule has 0 aromatic heterocycles. The molecule has 0 aliphatic rings. The molecule has 0 aliphatic carbocycles. The highest BCUT2D eigenvalue weighted by atomic mass is 32.2. The SMILES string of the molecule is Cc1ccc(S(=O)(=O)OCCOCCOCCOCCOC[C@H](COCCC(C)CCC[C@@H](C)CCC[C@@H](C)CCCC(C)C)OCCC(C)CCC[C@@H](C)CCC[C@@H](C)CCCC(C)C)cc1. The van der Waals surface area contributed by atoms with Gasteiger partial charge in [-0.3, -0.25) is 4.18 Å². The van der Waals surface area contributed by atoms with Crippen molar-refractivity contribution in [3.05, 3.63) is 29.8 Å². The van der Waals surface area contributed by atoms with Crippen molar-refractivity contribution in [2.24, 2.45) is 47.3 Å². The van der Waals surface area contributed by atoms with Gasteiger partial charge in [0, 0.05) is 13.2 Å². The number of hydrogen-bond donors (Lipinski definition) is 0. The van der Waals surface area contributed by atoms with Crippen molar-refractivity contribution < 1.29 is 41.0 Å². The van der Waals surface area contributed by atoms with E-state index >= 15 is 0 Å². The van der Waals surface area contributed by atoms with Gasteiger partial charge < -0.3 is 28.4 Å². The number of rotatable bonds is 49. The first-order valence-electron chi connectivity index (χ1n) is 28.0. The van der Waals surface area contributed by atoms with Gasteiger partial charge in [0.25, 0.3) is 10.1 Å². The van der Waals surface area contributed by atoms with Crippen molar-refractivity contribution in [2.45, 2.75) is 216 Å². The zero-order valence-electron chi connectivity index (χ0n) is 46.2. The molecule has 1 aromatic rings. The highest BCUT2D eigenvalue weighted by Crippen LogP contribution is 2.25. The summed E-state index contributed by atoms with van der Waals surface area (Å²) in [5.74, 6) is 6.33. The summed E-state index contributed by atoms with van der Waals surface area (Å²) in [6.07, 6.45) is 26.4. The molecule has 0 saturated carbocycles. The molecule has 7 atom stereocenters. The normalized spacial score (nSPS) is 15.5. The second-order valence-corrected chi connectivity index (χ2v) is 23.8. The zero-order valence-corrected chi connectivity index (χ0v) is 47.0. The highest BCUT2D eigenvalue weighted by molar-refractivity contribution is 7.86. The molecule has 0 fully saturated rings. The van der Waals surface area contributed by atoms with Gasteiger partial charge in [-0.1, -0.05) is 203 Å². The summed E-state index contributed by atoms with van der Waals surface area (Å²) in [6.45, 7) is 31.0. The van der Waals surface area contributed by atoms with Gasteiger partial charge in [-0.2, -0.15) is 8.42 Å². The lowest BCUT2D eigenvalue weighted by molar-refractivity contribution is -0.0722.